The highest BCUT2D eigenvalue weighted by Gasteiger charge is 2.14. The number of rotatable bonds is 3. The van der Waals surface area contributed by atoms with Crippen molar-refractivity contribution in [1.82, 2.24) is 4.98 Å². The highest BCUT2D eigenvalue weighted by molar-refractivity contribution is 9.10. The van der Waals surface area contributed by atoms with E-state index in [0.29, 0.717) is 5.82 Å². The number of pyridine rings is 1. The van der Waals surface area contributed by atoms with Crippen molar-refractivity contribution < 1.29 is 8.42 Å². The molecule has 0 radical (unpaired) electrons. The molecule has 1 aromatic carbocycles. The second-order valence-corrected chi connectivity index (χ2v) is 6.38. The molecule has 0 unspecified atom stereocenters. The fraction of sp³-hybridized carbons (Fsp3) is 0.0833. The Morgan fingerprint density at radius 1 is 1.17 bits per heavy atom. The van der Waals surface area contributed by atoms with Crippen LogP contribution < -0.4 is 4.72 Å². The molecule has 0 aliphatic heterocycles. The van der Waals surface area contributed by atoms with E-state index in [2.05, 4.69) is 25.6 Å². The van der Waals surface area contributed by atoms with Crippen LogP contribution in [0, 0.1) is 6.92 Å². The lowest BCUT2D eigenvalue weighted by Gasteiger charge is -2.07. The predicted octanol–water partition coefficient (Wildman–Crippen LogP) is 2.95. The fourth-order valence-electron chi connectivity index (χ4n) is 1.40. The van der Waals surface area contributed by atoms with Gasteiger partial charge in [-0.05, 0) is 48.9 Å². The molecule has 2 aromatic rings. The zero-order valence-electron chi connectivity index (χ0n) is 9.59. The zero-order chi connectivity index (χ0) is 13.2. The van der Waals surface area contributed by atoms with Crippen molar-refractivity contribution in [3.8, 4) is 0 Å². The highest BCUT2D eigenvalue weighted by Crippen LogP contribution is 2.17. The van der Waals surface area contributed by atoms with E-state index in [0.717, 1.165) is 10.0 Å². The first-order chi connectivity index (χ1) is 8.47. The summed E-state index contributed by atoms with van der Waals surface area (Å²) in [5, 5.41) is 0. The van der Waals surface area contributed by atoms with Gasteiger partial charge in [0.25, 0.3) is 10.0 Å². The summed E-state index contributed by atoms with van der Waals surface area (Å²) in [6, 6.07) is 9.90. The van der Waals surface area contributed by atoms with E-state index in [1.807, 2.05) is 6.92 Å². The maximum Gasteiger partial charge on any atom is 0.263 e. The first-order valence-corrected chi connectivity index (χ1v) is 7.46. The Balaban J connectivity index is 2.30. The van der Waals surface area contributed by atoms with Crippen LogP contribution in [-0.4, -0.2) is 13.4 Å². The number of nitrogens with one attached hydrogen (secondary N) is 1. The van der Waals surface area contributed by atoms with Gasteiger partial charge < -0.3 is 0 Å². The maximum absolute atomic E-state index is 12.1. The third-order valence-corrected chi connectivity index (χ3v) is 4.18. The van der Waals surface area contributed by atoms with Crippen molar-refractivity contribution in [3.63, 3.8) is 0 Å². The average molecular weight is 327 g/mol. The minimum Gasteiger partial charge on any atom is -0.263 e. The predicted molar refractivity (Wildman–Crippen MR) is 73.9 cm³/mol. The molecule has 0 aliphatic carbocycles. The van der Waals surface area contributed by atoms with Crippen molar-refractivity contribution >= 4 is 31.8 Å². The third kappa shape index (κ3) is 3.08. The molecule has 0 saturated heterocycles. The van der Waals surface area contributed by atoms with Crippen LogP contribution >= 0.6 is 15.9 Å². The Bertz CT molecular complexity index is 654. The summed E-state index contributed by atoms with van der Waals surface area (Å²) in [6.07, 6.45) is 1.56. The Morgan fingerprint density at radius 3 is 2.44 bits per heavy atom. The lowest BCUT2D eigenvalue weighted by atomic mass is 10.3. The van der Waals surface area contributed by atoms with Crippen LogP contribution in [0.1, 0.15) is 5.56 Å². The summed E-state index contributed by atoms with van der Waals surface area (Å²) in [6.45, 7) is 1.87. The molecular weight excluding hydrogens is 316 g/mol. The number of sulfonamides is 1. The third-order valence-electron chi connectivity index (χ3n) is 2.28. The van der Waals surface area contributed by atoms with E-state index >= 15 is 0 Å². The number of aryl methyl sites for hydroxylation is 1. The quantitative estimate of drug-likeness (QED) is 0.943. The van der Waals surface area contributed by atoms with Gasteiger partial charge >= 0.3 is 0 Å². The number of anilines is 1. The van der Waals surface area contributed by atoms with Gasteiger partial charge in [0, 0.05) is 10.7 Å². The summed E-state index contributed by atoms with van der Waals surface area (Å²) in [4.78, 5) is 4.17. The van der Waals surface area contributed by atoms with Gasteiger partial charge in [-0.25, -0.2) is 13.4 Å². The Hall–Kier alpha value is -1.40. The normalized spacial score (nSPS) is 11.2. The van der Waals surface area contributed by atoms with Crippen LogP contribution in [0.5, 0.6) is 0 Å². The molecule has 1 N–H and O–H groups in total. The average Bonchev–Trinajstić information content (AvgIpc) is 2.29. The van der Waals surface area contributed by atoms with Crippen LogP contribution in [0.4, 0.5) is 5.82 Å². The number of aromatic nitrogens is 1. The first-order valence-electron chi connectivity index (χ1n) is 5.18. The van der Waals surface area contributed by atoms with Crippen molar-refractivity contribution in [2.45, 2.75) is 11.8 Å². The topological polar surface area (TPSA) is 59.1 Å². The van der Waals surface area contributed by atoms with Crippen molar-refractivity contribution in [1.29, 1.82) is 0 Å². The molecule has 0 saturated carbocycles. The van der Waals surface area contributed by atoms with Crippen molar-refractivity contribution in [2.24, 2.45) is 0 Å². The molecular formula is C12H11BrN2O2S. The molecule has 6 heteroatoms. The van der Waals surface area contributed by atoms with E-state index < -0.39 is 10.0 Å². The molecule has 2 rings (SSSR count). The van der Waals surface area contributed by atoms with Gasteiger partial charge in [-0.3, -0.25) is 4.72 Å². The SMILES string of the molecule is Cc1ccnc(NS(=O)(=O)c2ccc(Br)cc2)c1. The minimum absolute atomic E-state index is 0.203. The van der Waals surface area contributed by atoms with Crippen molar-refractivity contribution in [2.75, 3.05) is 4.72 Å². The monoisotopic (exact) mass is 326 g/mol. The van der Waals surface area contributed by atoms with Crippen LogP contribution in [0.15, 0.2) is 52.0 Å². The Kier molecular flexibility index (Phi) is 3.68. The molecule has 94 valence electrons. The minimum atomic E-state index is -3.58. The van der Waals surface area contributed by atoms with Gasteiger partial charge in [-0.1, -0.05) is 15.9 Å². The second kappa shape index (κ2) is 5.07. The summed E-state index contributed by atoms with van der Waals surface area (Å²) >= 11 is 3.26. The standard InChI is InChI=1S/C12H11BrN2O2S/c1-9-6-7-14-12(8-9)15-18(16,17)11-4-2-10(13)3-5-11/h2-8H,1H3,(H,14,15). The lowest BCUT2D eigenvalue weighted by molar-refractivity contribution is 0.601. The van der Waals surface area contributed by atoms with Crippen LogP contribution in [0.25, 0.3) is 0 Å². The van der Waals surface area contributed by atoms with E-state index in [-0.39, 0.29) is 4.90 Å². The van der Waals surface area contributed by atoms with Crippen LogP contribution in [0.3, 0.4) is 0 Å². The Morgan fingerprint density at radius 2 is 1.83 bits per heavy atom. The second-order valence-electron chi connectivity index (χ2n) is 3.78. The van der Waals surface area contributed by atoms with E-state index in [1.54, 1.807) is 30.5 Å². The number of benzene rings is 1. The van der Waals surface area contributed by atoms with E-state index in [9.17, 15) is 8.42 Å². The molecule has 0 spiro atoms. The number of hydrogen-bond donors (Lipinski definition) is 1. The highest BCUT2D eigenvalue weighted by atomic mass is 79.9. The molecule has 18 heavy (non-hydrogen) atoms. The number of halogens is 1. The molecule has 0 fully saturated rings. The summed E-state index contributed by atoms with van der Waals surface area (Å²) < 4.78 is 27.4. The molecule has 0 bridgehead atoms. The van der Waals surface area contributed by atoms with Gasteiger partial charge in [0.2, 0.25) is 0 Å². The molecule has 0 amide bonds. The van der Waals surface area contributed by atoms with E-state index in [1.165, 1.54) is 12.1 Å². The number of nitrogens with zero attached hydrogens (tertiary/aromatic N) is 1. The summed E-state index contributed by atoms with van der Waals surface area (Å²) in [5.41, 5.74) is 0.943. The van der Waals surface area contributed by atoms with Crippen LogP contribution in [-0.2, 0) is 10.0 Å². The number of hydrogen-bond acceptors (Lipinski definition) is 3. The molecule has 0 aliphatic rings. The molecule has 4 nitrogen and oxygen atoms in total. The molecule has 1 heterocycles. The van der Waals surface area contributed by atoms with E-state index in [4.69, 9.17) is 0 Å². The maximum atomic E-state index is 12.1. The largest absolute Gasteiger partial charge is 0.263 e. The summed E-state index contributed by atoms with van der Waals surface area (Å²) in [5.74, 6) is 0.318. The smallest absolute Gasteiger partial charge is 0.263 e. The van der Waals surface area contributed by atoms with Crippen molar-refractivity contribution in [3.05, 3.63) is 52.6 Å². The van der Waals surface area contributed by atoms with Crippen LogP contribution in [0.2, 0.25) is 0 Å². The van der Waals surface area contributed by atoms with Gasteiger partial charge in [0.05, 0.1) is 4.90 Å². The fourth-order valence-corrected chi connectivity index (χ4v) is 2.67. The summed E-state index contributed by atoms with van der Waals surface area (Å²) in [7, 11) is -3.58. The Labute approximate surface area is 114 Å². The molecule has 0 atom stereocenters. The van der Waals surface area contributed by atoms with Gasteiger partial charge in [0.1, 0.15) is 5.82 Å². The zero-order valence-corrected chi connectivity index (χ0v) is 12.0. The molecule has 1 aromatic heterocycles. The van der Waals surface area contributed by atoms with Gasteiger partial charge in [-0.2, -0.15) is 0 Å². The first kappa shape index (κ1) is 13.0. The van der Waals surface area contributed by atoms with Gasteiger partial charge in [-0.15, -0.1) is 0 Å². The lowest BCUT2D eigenvalue weighted by Crippen LogP contribution is -2.13. The van der Waals surface area contributed by atoms with Gasteiger partial charge in [0.15, 0.2) is 0 Å².